The van der Waals surface area contributed by atoms with Crippen molar-refractivity contribution in [1.29, 1.82) is 0 Å². The second kappa shape index (κ2) is 8.25. The molecule has 0 N–H and O–H groups in total. The van der Waals surface area contributed by atoms with Gasteiger partial charge in [-0.2, -0.15) is 13.2 Å². The van der Waals surface area contributed by atoms with E-state index in [9.17, 15) is 26.4 Å². The maximum absolute atomic E-state index is 13.4. The highest BCUT2D eigenvalue weighted by Gasteiger charge is 2.42. The molecule has 1 aromatic heterocycles. The van der Waals surface area contributed by atoms with Gasteiger partial charge in [0.25, 0.3) is 10.0 Å². The largest absolute Gasteiger partial charge is 0.491 e. The van der Waals surface area contributed by atoms with Crippen LogP contribution in [0.15, 0.2) is 53.4 Å². The molecule has 0 radical (unpaired) electrons. The molecule has 4 rings (SSSR count). The highest BCUT2D eigenvalue weighted by molar-refractivity contribution is 7.90. The van der Waals surface area contributed by atoms with Crippen LogP contribution in [0.5, 0.6) is 5.88 Å². The molecular formula is C22H21F3N2O4S. The summed E-state index contributed by atoms with van der Waals surface area (Å²) in [4.78, 5) is 13.6. The van der Waals surface area contributed by atoms with Crippen LogP contribution in [0, 0.1) is 6.92 Å². The number of ether oxygens (including phenoxy) is 1. The van der Waals surface area contributed by atoms with Crippen molar-refractivity contribution >= 4 is 26.9 Å². The second-order valence-corrected chi connectivity index (χ2v) is 9.57. The van der Waals surface area contributed by atoms with Gasteiger partial charge < -0.3 is 4.74 Å². The normalized spacial score (nSPS) is 15.4. The van der Waals surface area contributed by atoms with Crippen LogP contribution in [0.4, 0.5) is 13.2 Å². The predicted molar refractivity (Wildman–Crippen MR) is 112 cm³/mol. The molecule has 1 saturated heterocycles. The fourth-order valence-electron chi connectivity index (χ4n) is 3.85. The molecule has 6 nitrogen and oxygen atoms in total. The number of hydrogen-bond donors (Lipinski definition) is 0. The number of likely N-dealkylation sites (tertiary alicyclic amines) is 1. The minimum absolute atomic E-state index is 0.130. The Hall–Kier alpha value is -2.85. The average Bonchev–Trinajstić information content (AvgIpc) is 3.35. The second-order valence-electron chi connectivity index (χ2n) is 7.79. The van der Waals surface area contributed by atoms with Gasteiger partial charge in [-0.15, -0.1) is 0 Å². The number of fused-ring (bicyclic) bond motifs is 1. The van der Waals surface area contributed by atoms with Gasteiger partial charge in [-0.3, -0.25) is 4.90 Å². The summed E-state index contributed by atoms with van der Waals surface area (Å²) in [6.45, 7) is 4.06. The van der Waals surface area contributed by atoms with E-state index in [0.717, 1.165) is 37.1 Å². The molecule has 0 amide bonds. The highest BCUT2D eigenvalue weighted by Crippen LogP contribution is 2.34. The Kier molecular flexibility index (Phi) is 5.76. The zero-order chi connectivity index (χ0) is 23.1. The number of carbonyl (C=O) groups is 1. The van der Waals surface area contributed by atoms with Crippen LogP contribution in [0.3, 0.4) is 0 Å². The van der Waals surface area contributed by atoms with Crippen LogP contribution in [-0.4, -0.2) is 42.5 Å². The maximum Gasteiger partial charge on any atom is 0.491 e. The predicted octanol–water partition coefficient (Wildman–Crippen LogP) is 4.25. The van der Waals surface area contributed by atoms with Gasteiger partial charge in [-0.1, -0.05) is 29.8 Å². The van der Waals surface area contributed by atoms with Gasteiger partial charge in [0.2, 0.25) is 5.88 Å². The van der Waals surface area contributed by atoms with E-state index in [1.807, 2.05) is 0 Å². The topological polar surface area (TPSA) is 68.6 Å². The molecule has 170 valence electrons. The van der Waals surface area contributed by atoms with Gasteiger partial charge in [0.15, 0.2) is 0 Å². The Morgan fingerprint density at radius 2 is 1.72 bits per heavy atom. The van der Waals surface area contributed by atoms with E-state index in [1.54, 1.807) is 31.2 Å². The Morgan fingerprint density at radius 3 is 2.34 bits per heavy atom. The molecule has 0 aliphatic carbocycles. The van der Waals surface area contributed by atoms with E-state index >= 15 is 0 Å². The molecule has 0 atom stereocenters. The summed E-state index contributed by atoms with van der Waals surface area (Å²) < 4.78 is 70.7. The zero-order valence-corrected chi connectivity index (χ0v) is 18.0. The Bertz CT molecular complexity index is 1260. The number of aryl methyl sites for hydroxylation is 1. The molecule has 10 heteroatoms. The first-order valence-electron chi connectivity index (χ1n) is 10.0. The van der Waals surface area contributed by atoms with Gasteiger partial charge in [0.1, 0.15) is 0 Å². The van der Waals surface area contributed by atoms with Gasteiger partial charge >= 0.3 is 12.1 Å². The molecule has 1 aliphatic heterocycles. The van der Waals surface area contributed by atoms with Crippen molar-refractivity contribution in [3.05, 3.63) is 59.7 Å². The summed E-state index contributed by atoms with van der Waals surface area (Å²) in [6.07, 6.45) is -3.17. The number of benzene rings is 2. The van der Waals surface area contributed by atoms with E-state index in [-0.39, 0.29) is 10.4 Å². The standard InChI is InChI=1S/C22H21F3N2O4S/c1-15-7-9-17(10-8-15)32(29,30)27-19-6-4-5-16(14-26-11-2-3-12-26)18(19)13-20(27)31-21(28)22(23,24)25/h4-10,13H,2-3,11-12,14H2,1H3. The molecule has 0 unspecified atom stereocenters. The molecule has 0 spiro atoms. The fourth-order valence-corrected chi connectivity index (χ4v) is 5.29. The van der Waals surface area contributed by atoms with Crippen LogP contribution >= 0.6 is 0 Å². The van der Waals surface area contributed by atoms with E-state index < -0.39 is 28.0 Å². The SMILES string of the molecule is Cc1ccc(S(=O)(=O)n2c(OC(=O)C(F)(F)F)cc3c(CN4CCCC4)cccc32)cc1. The average molecular weight is 466 g/mol. The third-order valence-corrected chi connectivity index (χ3v) is 7.17. The Morgan fingerprint density at radius 1 is 1.06 bits per heavy atom. The van der Waals surface area contributed by atoms with Crippen LogP contribution in [0.25, 0.3) is 10.9 Å². The van der Waals surface area contributed by atoms with Gasteiger partial charge in [-0.25, -0.2) is 17.2 Å². The number of esters is 1. The summed E-state index contributed by atoms with van der Waals surface area (Å²) in [5, 5.41) is 0.417. The number of halogens is 3. The number of hydrogen-bond acceptors (Lipinski definition) is 5. The number of alkyl halides is 3. The molecular weight excluding hydrogens is 445 g/mol. The molecule has 1 aliphatic rings. The van der Waals surface area contributed by atoms with Crippen LogP contribution < -0.4 is 4.74 Å². The molecule has 32 heavy (non-hydrogen) atoms. The third-order valence-electron chi connectivity index (χ3n) is 5.44. The smallest absolute Gasteiger partial charge is 0.402 e. The van der Waals surface area contributed by atoms with Gasteiger partial charge in [0, 0.05) is 18.0 Å². The Balaban J connectivity index is 1.89. The van der Waals surface area contributed by atoms with Crippen molar-refractivity contribution in [2.45, 2.75) is 37.4 Å². The molecule has 2 heterocycles. The van der Waals surface area contributed by atoms with Crippen LogP contribution in [0.2, 0.25) is 0 Å². The monoisotopic (exact) mass is 466 g/mol. The lowest BCUT2D eigenvalue weighted by Crippen LogP contribution is -2.29. The first-order chi connectivity index (χ1) is 15.1. The maximum atomic E-state index is 13.4. The van der Waals surface area contributed by atoms with Gasteiger partial charge in [-0.05, 0) is 56.6 Å². The van der Waals surface area contributed by atoms with Crippen molar-refractivity contribution in [3.8, 4) is 5.88 Å². The number of nitrogens with zero attached hydrogens (tertiary/aromatic N) is 2. The lowest BCUT2D eigenvalue weighted by atomic mass is 10.1. The van der Waals surface area contributed by atoms with Crippen molar-refractivity contribution in [3.63, 3.8) is 0 Å². The number of rotatable bonds is 5. The quantitative estimate of drug-likeness (QED) is 0.526. The number of carbonyl (C=O) groups excluding carboxylic acids is 1. The summed E-state index contributed by atoms with van der Waals surface area (Å²) in [5.41, 5.74) is 1.71. The van der Waals surface area contributed by atoms with Crippen LogP contribution in [0.1, 0.15) is 24.0 Å². The first-order valence-corrected chi connectivity index (χ1v) is 11.5. The molecule has 0 bridgehead atoms. The zero-order valence-electron chi connectivity index (χ0n) is 17.2. The first kappa shape index (κ1) is 22.3. The molecule has 2 aromatic carbocycles. The summed E-state index contributed by atoms with van der Waals surface area (Å²) >= 11 is 0. The molecule has 0 saturated carbocycles. The minimum atomic E-state index is -5.27. The fraction of sp³-hybridized carbons (Fsp3) is 0.318. The summed E-state index contributed by atoms with van der Waals surface area (Å²) in [7, 11) is -4.35. The summed E-state index contributed by atoms with van der Waals surface area (Å²) in [5.74, 6) is -3.18. The van der Waals surface area contributed by atoms with Gasteiger partial charge in [0.05, 0.1) is 10.4 Å². The van der Waals surface area contributed by atoms with E-state index in [2.05, 4.69) is 9.64 Å². The minimum Gasteiger partial charge on any atom is -0.402 e. The van der Waals surface area contributed by atoms with Crippen molar-refractivity contribution in [1.82, 2.24) is 8.87 Å². The van der Waals surface area contributed by atoms with E-state index in [1.165, 1.54) is 24.3 Å². The highest BCUT2D eigenvalue weighted by atomic mass is 32.2. The van der Waals surface area contributed by atoms with Crippen LogP contribution in [-0.2, 0) is 21.4 Å². The lowest BCUT2D eigenvalue weighted by molar-refractivity contribution is -0.190. The lowest BCUT2D eigenvalue weighted by Gasteiger charge is -2.15. The number of aromatic nitrogens is 1. The Labute approximate surface area is 183 Å². The van der Waals surface area contributed by atoms with E-state index in [0.29, 0.717) is 15.9 Å². The summed E-state index contributed by atoms with van der Waals surface area (Å²) in [6, 6.07) is 12.0. The molecule has 3 aromatic rings. The van der Waals surface area contributed by atoms with E-state index in [4.69, 9.17) is 0 Å². The van der Waals surface area contributed by atoms with Crippen molar-refractivity contribution in [2.75, 3.05) is 13.1 Å². The van der Waals surface area contributed by atoms with Crippen molar-refractivity contribution < 1.29 is 31.1 Å². The third kappa shape index (κ3) is 4.24. The molecule has 1 fully saturated rings. The van der Waals surface area contributed by atoms with Crippen molar-refractivity contribution in [2.24, 2.45) is 0 Å².